The Kier molecular flexibility index (Phi) is 3.25. The molecule has 0 bridgehead atoms. The second kappa shape index (κ2) is 4.96. The highest BCUT2D eigenvalue weighted by Gasteiger charge is 2.32. The van der Waals surface area contributed by atoms with E-state index in [4.69, 9.17) is 0 Å². The van der Waals surface area contributed by atoms with Gasteiger partial charge < -0.3 is 5.32 Å². The lowest BCUT2D eigenvalue weighted by molar-refractivity contribution is -0.118. The maximum atomic E-state index is 13.2. The molecule has 1 aliphatic carbocycles. The highest BCUT2D eigenvalue weighted by atomic mass is 32.3. The number of carbonyl (C=O) groups excluding carboxylic acids is 1. The average molecular weight is 305 g/mol. The van der Waals surface area contributed by atoms with Gasteiger partial charge in [-0.15, -0.1) is 3.89 Å². The molecule has 2 aromatic rings. The van der Waals surface area contributed by atoms with Crippen LogP contribution in [-0.2, 0) is 21.4 Å². The van der Waals surface area contributed by atoms with Gasteiger partial charge in [0.25, 0.3) is 0 Å². The Morgan fingerprint density at radius 3 is 2.48 bits per heavy atom. The summed E-state index contributed by atoms with van der Waals surface area (Å²) in [6.07, 6.45) is 0.604. The predicted molar refractivity (Wildman–Crippen MR) is 76.3 cm³/mol. The third kappa shape index (κ3) is 2.54. The van der Waals surface area contributed by atoms with Crippen LogP contribution in [-0.4, -0.2) is 14.3 Å². The fraction of sp³-hybridized carbons (Fsp3) is 0.133. The Morgan fingerprint density at radius 2 is 1.76 bits per heavy atom. The second-order valence-electron chi connectivity index (χ2n) is 4.88. The smallest absolute Gasteiger partial charge is 0.324 e. The van der Waals surface area contributed by atoms with Gasteiger partial charge in [0.1, 0.15) is 4.90 Å². The molecule has 6 heteroatoms. The van der Waals surface area contributed by atoms with Crippen LogP contribution >= 0.6 is 0 Å². The lowest BCUT2D eigenvalue weighted by Crippen LogP contribution is -2.30. The van der Waals surface area contributed by atoms with Crippen molar-refractivity contribution in [2.45, 2.75) is 17.2 Å². The summed E-state index contributed by atoms with van der Waals surface area (Å²) in [5.74, 6) is -0.652. The number of benzene rings is 2. The first-order valence-corrected chi connectivity index (χ1v) is 7.77. The number of carbonyl (C=O) groups is 1. The molecule has 0 saturated carbocycles. The van der Waals surface area contributed by atoms with Gasteiger partial charge in [0, 0.05) is 0 Å². The standard InChI is InChI=1S/C15H12FNO3S/c16-21(19,20)14-8-4-3-7-13(14)17-15(18)12-9-10-5-1-2-6-11(10)12/h1-8,12H,9H2,(H,17,18). The molecule has 21 heavy (non-hydrogen) atoms. The molecule has 2 aromatic carbocycles. The van der Waals surface area contributed by atoms with Crippen molar-refractivity contribution in [1.82, 2.24) is 0 Å². The summed E-state index contributed by atoms with van der Waals surface area (Å²) in [5, 5.41) is 2.50. The maximum Gasteiger partial charge on any atom is 0.334 e. The predicted octanol–water partition coefficient (Wildman–Crippen LogP) is 2.62. The van der Waals surface area contributed by atoms with Gasteiger partial charge in [-0.25, -0.2) is 0 Å². The highest BCUT2D eigenvalue weighted by molar-refractivity contribution is 7.86. The molecule has 1 aliphatic rings. The lowest BCUT2D eigenvalue weighted by Gasteiger charge is -2.29. The van der Waals surface area contributed by atoms with E-state index < -0.39 is 15.1 Å². The van der Waals surface area contributed by atoms with Crippen molar-refractivity contribution in [1.29, 1.82) is 0 Å². The molecular weight excluding hydrogens is 293 g/mol. The molecule has 4 nitrogen and oxygen atoms in total. The van der Waals surface area contributed by atoms with Crippen molar-refractivity contribution in [3.63, 3.8) is 0 Å². The van der Waals surface area contributed by atoms with Crippen LogP contribution < -0.4 is 5.32 Å². The fourth-order valence-corrected chi connectivity index (χ4v) is 3.12. The van der Waals surface area contributed by atoms with Crippen molar-refractivity contribution in [2.75, 3.05) is 5.32 Å². The zero-order chi connectivity index (χ0) is 15.0. The van der Waals surface area contributed by atoms with Crippen LogP contribution in [0.1, 0.15) is 17.0 Å². The molecule has 0 aromatic heterocycles. The normalized spacial score (nSPS) is 16.7. The van der Waals surface area contributed by atoms with Gasteiger partial charge in [0.2, 0.25) is 5.91 Å². The number of hydrogen-bond donors (Lipinski definition) is 1. The van der Waals surface area contributed by atoms with E-state index in [1.54, 1.807) is 6.07 Å². The van der Waals surface area contributed by atoms with Crippen molar-refractivity contribution < 1.29 is 17.1 Å². The van der Waals surface area contributed by atoms with Crippen LogP contribution in [0.25, 0.3) is 0 Å². The van der Waals surface area contributed by atoms with E-state index >= 15 is 0 Å². The molecule has 1 atom stereocenters. The van der Waals surface area contributed by atoms with E-state index in [1.165, 1.54) is 12.1 Å². The van der Waals surface area contributed by atoms with Crippen molar-refractivity contribution in [2.24, 2.45) is 0 Å². The molecule has 3 rings (SSSR count). The Labute approximate surface area is 121 Å². The summed E-state index contributed by atoms with van der Waals surface area (Å²) in [4.78, 5) is 11.7. The molecule has 0 radical (unpaired) electrons. The summed E-state index contributed by atoms with van der Waals surface area (Å²) < 4.78 is 35.3. The minimum absolute atomic E-state index is 0.0330. The monoisotopic (exact) mass is 305 g/mol. The molecule has 0 fully saturated rings. The number of rotatable bonds is 3. The molecule has 1 amide bonds. The van der Waals surface area contributed by atoms with Crippen molar-refractivity contribution in [3.8, 4) is 0 Å². The molecular formula is C15H12FNO3S. The van der Waals surface area contributed by atoms with Gasteiger partial charge in [-0.05, 0) is 29.7 Å². The molecule has 108 valence electrons. The minimum Gasteiger partial charge on any atom is -0.324 e. The molecule has 1 unspecified atom stereocenters. The number of halogens is 1. The third-order valence-corrected chi connectivity index (χ3v) is 4.46. The number of amides is 1. The first-order valence-electron chi connectivity index (χ1n) is 6.39. The zero-order valence-corrected chi connectivity index (χ0v) is 11.7. The van der Waals surface area contributed by atoms with Crippen LogP contribution in [0.2, 0.25) is 0 Å². The zero-order valence-electron chi connectivity index (χ0n) is 10.9. The average Bonchev–Trinajstić information content (AvgIpc) is 2.39. The molecule has 0 aliphatic heterocycles. The van der Waals surface area contributed by atoms with Gasteiger partial charge in [0.05, 0.1) is 11.6 Å². The Balaban J connectivity index is 1.85. The van der Waals surface area contributed by atoms with Crippen molar-refractivity contribution >= 4 is 21.8 Å². The SMILES string of the molecule is O=C(Nc1ccccc1S(=O)(=O)F)C1Cc2ccccc21. The first kappa shape index (κ1) is 13.8. The Bertz CT molecular complexity index is 817. The van der Waals surface area contributed by atoms with E-state index in [0.29, 0.717) is 6.42 Å². The topological polar surface area (TPSA) is 63.2 Å². The summed E-state index contributed by atoms with van der Waals surface area (Å²) in [5.41, 5.74) is 1.99. The quantitative estimate of drug-likeness (QED) is 0.887. The van der Waals surface area contributed by atoms with E-state index in [0.717, 1.165) is 17.2 Å². The molecule has 0 heterocycles. The summed E-state index contributed by atoms with van der Waals surface area (Å²) >= 11 is 0. The van der Waals surface area contributed by atoms with Crippen LogP contribution in [0, 0.1) is 0 Å². The summed E-state index contributed by atoms with van der Waals surface area (Å²) in [6.45, 7) is 0. The molecule has 0 saturated heterocycles. The molecule has 0 spiro atoms. The highest BCUT2D eigenvalue weighted by Crippen LogP contribution is 2.36. The van der Waals surface area contributed by atoms with E-state index in [1.807, 2.05) is 24.3 Å². The van der Waals surface area contributed by atoms with Gasteiger partial charge in [-0.2, -0.15) is 8.42 Å². The van der Waals surface area contributed by atoms with E-state index in [-0.39, 0.29) is 17.5 Å². The number of nitrogens with one attached hydrogen (secondary N) is 1. The van der Waals surface area contributed by atoms with Crippen LogP contribution in [0.3, 0.4) is 0 Å². The lowest BCUT2D eigenvalue weighted by atomic mass is 9.77. The van der Waals surface area contributed by atoms with E-state index in [9.17, 15) is 17.1 Å². The fourth-order valence-electron chi connectivity index (χ4n) is 2.50. The minimum atomic E-state index is -4.87. The summed E-state index contributed by atoms with van der Waals surface area (Å²) in [7, 11) is -4.87. The Morgan fingerprint density at radius 1 is 1.10 bits per heavy atom. The largest absolute Gasteiger partial charge is 0.334 e. The van der Waals surface area contributed by atoms with E-state index in [2.05, 4.69) is 5.32 Å². The van der Waals surface area contributed by atoms with Crippen molar-refractivity contribution in [3.05, 3.63) is 59.7 Å². The first-order chi connectivity index (χ1) is 9.97. The van der Waals surface area contributed by atoms with Gasteiger partial charge in [-0.3, -0.25) is 4.79 Å². The maximum absolute atomic E-state index is 13.2. The third-order valence-electron chi connectivity index (χ3n) is 3.58. The van der Waals surface area contributed by atoms with Gasteiger partial charge in [-0.1, -0.05) is 36.4 Å². The number of fused-ring (bicyclic) bond motifs is 1. The summed E-state index contributed by atoms with van der Waals surface area (Å²) in [6, 6.07) is 13.0. The Hall–Kier alpha value is -2.21. The number of anilines is 1. The molecule has 1 N–H and O–H groups in total. The van der Waals surface area contributed by atoms with Gasteiger partial charge in [0.15, 0.2) is 0 Å². The van der Waals surface area contributed by atoms with Crippen LogP contribution in [0.5, 0.6) is 0 Å². The van der Waals surface area contributed by atoms with Crippen LogP contribution in [0.4, 0.5) is 9.57 Å². The number of hydrogen-bond acceptors (Lipinski definition) is 3. The number of para-hydroxylation sites is 1. The second-order valence-corrected chi connectivity index (χ2v) is 6.19. The van der Waals surface area contributed by atoms with Crippen LogP contribution in [0.15, 0.2) is 53.4 Å². The van der Waals surface area contributed by atoms with Gasteiger partial charge >= 0.3 is 10.2 Å².